The molecule has 3 fully saturated rings. The second-order valence-electron chi connectivity index (χ2n) is 9.98. The summed E-state index contributed by atoms with van der Waals surface area (Å²) in [5.41, 5.74) is -0.428. The second kappa shape index (κ2) is 9.60. The summed E-state index contributed by atoms with van der Waals surface area (Å²) in [4.78, 5) is 14.8. The number of nitrogens with one attached hydrogen (secondary N) is 2. The molecule has 1 amide bonds. The molecule has 1 aliphatic heterocycles. The van der Waals surface area contributed by atoms with E-state index in [0.29, 0.717) is 12.1 Å². The van der Waals surface area contributed by atoms with E-state index in [1.807, 2.05) is 20.8 Å². The van der Waals surface area contributed by atoms with Gasteiger partial charge in [0.05, 0.1) is 0 Å². The molecule has 5 nitrogen and oxygen atoms in total. The van der Waals surface area contributed by atoms with Crippen LogP contribution < -0.4 is 10.6 Å². The van der Waals surface area contributed by atoms with Crippen molar-refractivity contribution >= 4 is 6.09 Å². The van der Waals surface area contributed by atoms with Gasteiger partial charge < -0.3 is 20.3 Å². The quantitative estimate of drug-likeness (QED) is 0.768. The molecule has 27 heavy (non-hydrogen) atoms. The average molecular weight is 380 g/mol. The minimum Gasteiger partial charge on any atom is -0.444 e. The fourth-order valence-electron chi connectivity index (χ4n) is 5.16. The second-order valence-corrected chi connectivity index (χ2v) is 9.98. The Labute approximate surface area is 166 Å². The molecule has 156 valence electrons. The number of nitrogens with zero attached hydrogens (tertiary/aromatic N) is 1. The molecule has 0 aromatic rings. The Kier molecular flexibility index (Phi) is 7.43. The lowest BCUT2D eigenvalue weighted by Gasteiger charge is -2.41. The number of rotatable bonds is 4. The first-order valence-corrected chi connectivity index (χ1v) is 11.4. The smallest absolute Gasteiger partial charge is 0.407 e. The number of piperidine rings is 1. The molecule has 3 rings (SSSR count). The molecular formula is C22H41N3O2. The predicted molar refractivity (Wildman–Crippen MR) is 110 cm³/mol. The molecule has 3 aliphatic rings. The van der Waals surface area contributed by atoms with Gasteiger partial charge in [0.2, 0.25) is 0 Å². The Morgan fingerprint density at radius 3 is 2.19 bits per heavy atom. The highest BCUT2D eigenvalue weighted by Gasteiger charge is 2.30. The molecule has 2 atom stereocenters. The molecule has 1 saturated heterocycles. The number of amides is 1. The van der Waals surface area contributed by atoms with Crippen LogP contribution in [0.5, 0.6) is 0 Å². The summed E-state index contributed by atoms with van der Waals surface area (Å²) in [6.07, 6.45) is 13.9. The van der Waals surface area contributed by atoms with Crippen LogP contribution in [0.2, 0.25) is 0 Å². The van der Waals surface area contributed by atoms with E-state index in [9.17, 15) is 4.79 Å². The van der Waals surface area contributed by atoms with Crippen LogP contribution in [0, 0.1) is 0 Å². The first-order valence-electron chi connectivity index (χ1n) is 11.4. The van der Waals surface area contributed by atoms with Crippen LogP contribution in [0.15, 0.2) is 0 Å². The summed E-state index contributed by atoms with van der Waals surface area (Å²) in [6.45, 7) is 8.26. The van der Waals surface area contributed by atoms with Crippen molar-refractivity contribution in [2.24, 2.45) is 0 Å². The third kappa shape index (κ3) is 6.94. The van der Waals surface area contributed by atoms with E-state index in [4.69, 9.17) is 4.74 Å². The van der Waals surface area contributed by atoms with Crippen LogP contribution in [-0.4, -0.2) is 53.9 Å². The molecule has 0 bridgehead atoms. The van der Waals surface area contributed by atoms with Gasteiger partial charge in [0.25, 0.3) is 0 Å². The third-order valence-electron chi connectivity index (χ3n) is 6.49. The first-order chi connectivity index (χ1) is 12.9. The van der Waals surface area contributed by atoms with Crippen molar-refractivity contribution in [2.45, 2.75) is 121 Å². The van der Waals surface area contributed by atoms with Crippen molar-refractivity contribution in [1.82, 2.24) is 15.5 Å². The summed E-state index contributed by atoms with van der Waals surface area (Å²) in [5, 5.41) is 7.00. The summed E-state index contributed by atoms with van der Waals surface area (Å²) >= 11 is 0. The lowest BCUT2D eigenvalue weighted by molar-refractivity contribution is 0.0486. The Balaban J connectivity index is 1.37. The lowest BCUT2D eigenvalue weighted by atomic mass is 9.89. The molecule has 2 N–H and O–H groups in total. The van der Waals surface area contributed by atoms with Crippen molar-refractivity contribution in [3.8, 4) is 0 Å². The number of hydrogen-bond donors (Lipinski definition) is 2. The van der Waals surface area contributed by atoms with Gasteiger partial charge in [0.1, 0.15) is 5.60 Å². The van der Waals surface area contributed by atoms with Gasteiger partial charge in [-0.3, -0.25) is 0 Å². The molecule has 5 heteroatoms. The molecule has 0 radical (unpaired) electrons. The van der Waals surface area contributed by atoms with Crippen molar-refractivity contribution in [3.63, 3.8) is 0 Å². The predicted octanol–water partition coefficient (Wildman–Crippen LogP) is 4.21. The van der Waals surface area contributed by atoms with E-state index in [0.717, 1.165) is 18.9 Å². The number of alkyl carbamates (subject to hydrolysis) is 1. The fraction of sp³-hybridized carbons (Fsp3) is 0.955. The van der Waals surface area contributed by atoms with Gasteiger partial charge in [-0.25, -0.2) is 4.79 Å². The largest absolute Gasteiger partial charge is 0.444 e. The van der Waals surface area contributed by atoms with Gasteiger partial charge >= 0.3 is 6.09 Å². The maximum atomic E-state index is 12.1. The van der Waals surface area contributed by atoms with Gasteiger partial charge in [-0.1, -0.05) is 19.3 Å². The minimum atomic E-state index is -0.428. The third-order valence-corrected chi connectivity index (χ3v) is 6.49. The van der Waals surface area contributed by atoms with Crippen LogP contribution in [0.25, 0.3) is 0 Å². The Morgan fingerprint density at radius 2 is 1.52 bits per heavy atom. The van der Waals surface area contributed by atoms with E-state index < -0.39 is 5.60 Å². The van der Waals surface area contributed by atoms with Gasteiger partial charge in [0.15, 0.2) is 0 Å². The lowest BCUT2D eigenvalue weighted by Crippen LogP contribution is -2.52. The number of ether oxygens (including phenoxy) is 1. The van der Waals surface area contributed by atoms with E-state index >= 15 is 0 Å². The van der Waals surface area contributed by atoms with Crippen molar-refractivity contribution < 1.29 is 9.53 Å². The monoisotopic (exact) mass is 379 g/mol. The van der Waals surface area contributed by atoms with E-state index in [1.54, 1.807) is 0 Å². The van der Waals surface area contributed by atoms with Crippen molar-refractivity contribution in [3.05, 3.63) is 0 Å². The highest BCUT2D eigenvalue weighted by molar-refractivity contribution is 5.68. The zero-order chi connectivity index (χ0) is 19.3. The highest BCUT2D eigenvalue weighted by Crippen LogP contribution is 2.26. The molecule has 0 aromatic heterocycles. The molecule has 0 aromatic carbocycles. The zero-order valence-corrected chi connectivity index (χ0v) is 17.8. The van der Waals surface area contributed by atoms with E-state index in [-0.39, 0.29) is 12.1 Å². The summed E-state index contributed by atoms with van der Waals surface area (Å²) < 4.78 is 5.42. The standard InChI is InChI=1S/C22H41N3O2/c1-22(2,3)27-21(26)24-19-9-7-8-18(16-19)23-17-12-14-25(15-13-17)20-10-5-4-6-11-20/h17-20,23H,4-16H2,1-3H3,(H,24,26). The van der Waals surface area contributed by atoms with Crippen LogP contribution in [0.3, 0.4) is 0 Å². The molecule has 0 spiro atoms. The Bertz CT molecular complexity index is 463. The van der Waals surface area contributed by atoms with Gasteiger partial charge in [0, 0.05) is 24.2 Å². The van der Waals surface area contributed by atoms with Gasteiger partial charge in [-0.2, -0.15) is 0 Å². The number of carbonyl (C=O) groups is 1. The fourth-order valence-corrected chi connectivity index (χ4v) is 5.16. The van der Waals surface area contributed by atoms with E-state index in [2.05, 4.69) is 15.5 Å². The Hall–Kier alpha value is -0.810. The number of likely N-dealkylation sites (tertiary alicyclic amines) is 1. The Morgan fingerprint density at radius 1 is 0.852 bits per heavy atom. The van der Waals surface area contributed by atoms with Gasteiger partial charge in [-0.15, -0.1) is 0 Å². The molecular weight excluding hydrogens is 338 g/mol. The van der Waals surface area contributed by atoms with Crippen LogP contribution in [0.4, 0.5) is 4.79 Å². The number of carbonyl (C=O) groups excluding carboxylic acids is 1. The molecule has 2 saturated carbocycles. The molecule has 2 unspecified atom stereocenters. The molecule has 1 heterocycles. The highest BCUT2D eigenvalue weighted by atomic mass is 16.6. The molecule has 2 aliphatic carbocycles. The van der Waals surface area contributed by atoms with E-state index in [1.165, 1.54) is 70.9 Å². The number of hydrogen-bond acceptors (Lipinski definition) is 4. The van der Waals surface area contributed by atoms with Crippen LogP contribution in [0.1, 0.15) is 91.4 Å². The first kappa shape index (κ1) is 20.9. The minimum absolute atomic E-state index is 0.244. The van der Waals surface area contributed by atoms with Crippen molar-refractivity contribution in [2.75, 3.05) is 13.1 Å². The SMILES string of the molecule is CC(C)(C)OC(=O)NC1CCCC(NC2CCN(C3CCCCC3)CC2)C1. The summed E-state index contributed by atoms with van der Waals surface area (Å²) in [5.74, 6) is 0. The zero-order valence-electron chi connectivity index (χ0n) is 17.8. The average Bonchev–Trinajstić information content (AvgIpc) is 2.62. The van der Waals surface area contributed by atoms with Crippen LogP contribution in [-0.2, 0) is 4.74 Å². The van der Waals surface area contributed by atoms with Crippen molar-refractivity contribution in [1.29, 1.82) is 0 Å². The van der Waals surface area contributed by atoms with Gasteiger partial charge in [-0.05, 0) is 85.2 Å². The maximum absolute atomic E-state index is 12.1. The van der Waals surface area contributed by atoms with Crippen LogP contribution >= 0.6 is 0 Å². The topological polar surface area (TPSA) is 53.6 Å². The summed E-state index contributed by atoms with van der Waals surface area (Å²) in [6, 6.07) is 2.28. The summed E-state index contributed by atoms with van der Waals surface area (Å²) in [7, 11) is 0. The maximum Gasteiger partial charge on any atom is 0.407 e. The normalized spacial score (nSPS) is 29.4.